The van der Waals surface area contributed by atoms with Crippen LogP contribution in [0, 0.1) is 0 Å². The Bertz CT molecular complexity index is 1730. The summed E-state index contributed by atoms with van der Waals surface area (Å²) in [4.78, 5) is 39.9. The minimum absolute atomic E-state index is 0.0380. The molecule has 0 heterocycles. The number of unbranched alkanes of at least 4 members (excludes halogenated alkanes) is 20. The Labute approximate surface area is 473 Å². The van der Waals surface area contributed by atoms with Crippen LogP contribution < -0.4 is 10.2 Å². The zero-order valence-electron chi connectivity index (χ0n) is 50.1. The van der Waals surface area contributed by atoms with Gasteiger partial charge in [-0.3, -0.25) is 14.2 Å². The molecule has 0 aliphatic carbocycles. The van der Waals surface area contributed by atoms with Crippen LogP contribution in [0.15, 0.2) is 122 Å². The third kappa shape index (κ3) is 56.9. The van der Waals surface area contributed by atoms with Crippen LogP contribution in [0.5, 0.6) is 0 Å². The Kier molecular flexibility index (Phi) is 53.1. The fraction of sp³-hybridized carbons (Fsp3) is 0.672. The second kappa shape index (κ2) is 55.7. The van der Waals surface area contributed by atoms with Crippen LogP contribution in [-0.2, 0) is 27.9 Å². The van der Waals surface area contributed by atoms with Gasteiger partial charge in [-0.1, -0.05) is 226 Å². The number of rotatable bonds is 54. The highest BCUT2D eigenvalue weighted by molar-refractivity contribution is 7.45. The number of hydrogen-bond donors (Lipinski definition) is 1. The molecule has 77 heavy (non-hydrogen) atoms. The number of esters is 1. The molecule has 3 atom stereocenters. The third-order valence-electron chi connectivity index (χ3n) is 12.9. The van der Waals surface area contributed by atoms with E-state index in [4.69, 9.17) is 13.8 Å². The number of likely N-dealkylation sites (N-methyl/N-ethyl adjacent to an activating group) is 1. The zero-order chi connectivity index (χ0) is 56.4. The first-order valence-electron chi connectivity index (χ1n) is 30.8. The van der Waals surface area contributed by atoms with Crippen molar-refractivity contribution in [1.29, 1.82) is 0 Å². The number of nitrogens with zero attached hydrogens (tertiary/aromatic N) is 1. The van der Waals surface area contributed by atoms with Crippen LogP contribution >= 0.6 is 7.82 Å². The van der Waals surface area contributed by atoms with Gasteiger partial charge in [-0.15, -0.1) is 0 Å². The molecule has 0 saturated carbocycles. The van der Waals surface area contributed by atoms with E-state index in [-0.39, 0.29) is 31.3 Å². The number of phosphoric acid groups is 1. The van der Waals surface area contributed by atoms with E-state index in [0.717, 1.165) is 122 Å². The number of quaternary nitrogens is 1. The summed E-state index contributed by atoms with van der Waals surface area (Å²) in [6.45, 7) is 6.64. The summed E-state index contributed by atoms with van der Waals surface area (Å²) in [6.07, 6.45) is 77.4. The smallest absolute Gasteiger partial charge is 0.306 e. The van der Waals surface area contributed by atoms with Crippen LogP contribution in [0.25, 0.3) is 0 Å². The van der Waals surface area contributed by atoms with E-state index in [9.17, 15) is 19.0 Å². The van der Waals surface area contributed by atoms with Gasteiger partial charge in [0.1, 0.15) is 19.3 Å². The maximum Gasteiger partial charge on any atom is 0.306 e. The van der Waals surface area contributed by atoms with Crippen molar-refractivity contribution in [3.8, 4) is 0 Å². The maximum absolute atomic E-state index is 13.5. The Morgan fingerprint density at radius 2 is 0.831 bits per heavy atom. The molecule has 440 valence electrons. The summed E-state index contributed by atoms with van der Waals surface area (Å²) in [5, 5.41) is 3.00. The van der Waals surface area contributed by atoms with E-state index in [1.54, 1.807) is 0 Å². The molecule has 1 N–H and O–H groups in total. The van der Waals surface area contributed by atoms with Crippen molar-refractivity contribution in [2.75, 3.05) is 40.9 Å². The highest BCUT2D eigenvalue weighted by atomic mass is 31.2. The molecule has 0 spiro atoms. The monoisotopic (exact) mass is 1090 g/mol. The van der Waals surface area contributed by atoms with Crippen molar-refractivity contribution >= 4 is 19.7 Å². The lowest BCUT2D eigenvalue weighted by atomic mass is 10.1. The number of phosphoric ester groups is 1. The van der Waals surface area contributed by atoms with Gasteiger partial charge in [0.2, 0.25) is 5.91 Å². The standard InChI is InChI=1S/C67H115N2O7P/c1-7-10-13-16-19-22-25-27-29-31-32-33-34-35-36-38-40-42-45-48-51-54-57-60-67(71)76-65(58-55-52-49-46-43-24-21-18-15-12-9-3)64(63-75-77(72,73)74-62-61-69(4,5)6)68-66(70)59-56-53-50-47-44-41-39-37-30-28-26-23-20-17-14-11-8-2/h10,13,19-20,22-23,27-30,32-33,35-36,39-42,55,58,64-65H,7-9,11-12,14-18,21,24-26,31,34,37-38,43-54,56-57,59-63H2,1-6H3,(H-,68,70,72,73)/b13-10-,22-19-,23-20-,29-27-,30-28-,33-32-,36-35-,41-39-,42-40-,58-55-. The van der Waals surface area contributed by atoms with Crippen molar-refractivity contribution in [1.82, 2.24) is 5.32 Å². The number of hydrogen-bond acceptors (Lipinski definition) is 7. The molecule has 0 aromatic rings. The molecular weight excluding hydrogens is 976 g/mol. The lowest BCUT2D eigenvalue weighted by Gasteiger charge is -2.30. The summed E-state index contributed by atoms with van der Waals surface area (Å²) in [6, 6.07) is -0.919. The maximum atomic E-state index is 13.5. The Morgan fingerprint density at radius 1 is 0.468 bits per heavy atom. The summed E-state index contributed by atoms with van der Waals surface area (Å²) in [7, 11) is 1.13. The number of nitrogens with one attached hydrogen (secondary N) is 1. The lowest BCUT2D eigenvalue weighted by molar-refractivity contribution is -0.870. The average molecular weight is 1090 g/mol. The molecule has 0 aliphatic heterocycles. The summed E-state index contributed by atoms with van der Waals surface area (Å²) in [5.41, 5.74) is 0. The zero-order valence-corrected chi connectivity index (χ0v) is 51.0. The molecule has 9 nitrogen and oxygen atoms in total. The van der Waals surface area contributed by atoms with Crippen molar-refractivity contribution in [3.05, 3.63) is 122 Å². The molecule has 3 unspecified atom stereocenters. The minimum Gasteiger partial charge on any atom is -0.756 e. The van der Waals surface area contributed by atoms with Crippen LogP contribution in [0.3, 0.4) is 0 Å². The minimum atomic E-state index is -4.72. The lowest BCUT2D eigenvalue weighted by Crippen LogP contribution is -2.47. The van der Waals surface area contributed by atoms with Gasteiger partial charge in [-0.05, 0) is 122 Å². The first-order chi connectivity index (χ1) is 37.4. The Morgan fingerprint density at radius 3 is 1.27 bits per heavy atom. The fourth-order valence-electron chi connectivity index (χ4n) is 8.12. The van der Waals surface area contributed by atoms with E-state index in [2.05, 4.69) is 135 Å². The normalized spacial score (nSPS) is 14.5. The summed E-state index contributed by atoms with van der Waals surface area (Å²) >= 11 is 0. The number of carbonyl (C=O) groups excluding carboxylic acids is 2. The third-order valence-corrected chi connectivity index (χ3v) is 13.8. The van der Waals surface area contributed by atoms with Crippen molar-refractivity contribution in [3.63, 3.8) is 0 Å². The van der Waals surface area contributed by atoms with Gasteiger partial charge < -0.3 is 28.5 Å². The molecule has 0 saturated heterocycles. The molecule has 10 heteroatoms. The number of carbonyl (C=O) groups is 2. The molecular formula is C67H115N2O7P. The van der Waals surface area contributed by atoms with E-state index in [0.29, 0.717) is 23.9 Å². The topological polar surface area (TPSA) is 114 Å². The second-order valence-corrected chi connectivity index (χ2v) is 22.9. The number of ether oxygens (including phenoxy) is 1. The first kappa shape index (κ1) is 73.4. The summed E-state index contributed by atoms with van der Waals surface area (Å²) in [5.74, 6) is -0.605. The highest BCUT2D eigenvalue weighted by Crippen LogP contribution is 2.38. The quantitative estimate of drug-likeness (QED) is 0.0212. The Hall–Kier alpha value is -3.59. The van der Waals surface area contributed by atoms with Gasteiger partial charge in [0.25, 0.3) is 7.82 Å². The van der Waals surface area contributed by atoms with Crippen LogP contribution in [0.2, 0.25) is 0 Å². The molecule has 0 rings (SSSR count). The van der Waals surface area contributed by atoms with Gasteiger partial charge in [-0.25, -0.2) is 0 Å². The van der Waals surface area contributed by atoms with Gasteiger partial charge in [-0.2, -0.15) is 0 Å². The number of allylic oxidation sites excluding steroid dienone is 19. The predicted octanol–water partition coefficient (Wildman–Crippen LogP) is 18.5. The molecule has 0 aliphatic rings. The molecule has 0 bridgehead atoms. The number of amides is 1. The van der Waals surface area contributed by atoms with Crippen molar-refractivity contribution in [2.45, 2.75) is 251 Å². The van der Waals surface area contributed by atoms with Gasteiger partial charge in [0, 0.05) is 12.8 Å². The summed E-state index contributed by atoms with van der Waals surface area (Å²) < 4.78 is 30.2. The van der Waals surface area contributed by atoms with Crippen molar-refractivity contribution < 1.29 is 37.3 Å². The molecule has 0 aromatic carbocycles. The fourth-order valence-corrected chi connectivity index (χ4v) is 8.84. The first-order valence-corrected chi connectivity index (χ1v) is 32.3. The Balaban J connectivity index is 5.32. The van der Waals surface area contributed by atoms with E-state index in [1.165, 1.54) is 70.6 Å². The van der Waals surface area contributed by atoms with Crippen LogP contribution in [0.1, 0.15) is 239 Å². The molecule has 0 aromatic heterocycles. The molecule has 1 amide bonds. The molecule has 0 fully saturated rings. The van der Waals surface area contributed by atoms with Gasteiger partial charge >= 0.3 is 5.97 Å². The van der Waals surface area contributed by atoms with E-state index in [1.807, 2.05) is 33.3 Å². The van der Waals surface area contributed by atoms with Gasteiger partial charge in [0.15, 0.2) is 0 Å². The van der Waals surface area contributed by atoms with Crippen molar-refractivity contribution in [2.24, 2.45) is 0 Å². The van der Waals surface area contributed by atoms with Gasteiger partial charge in [0.05, 0.1) is 33.8 Å². The van der Waals surface area contributed by atoms with E-state index >= 15 is 0 Å². The second-order valence-electron chi connectivity index (χ2n) is 21.5. The SMILES string of the molecule is CC/C=C\C/C=C\C/C=C\C/C=C\C/C=C\C/C=C\CCCCCCC(=O)OC(/C=C\CCCCCCCCCCC)C(COP(=O)([O-])OCC[N+](C)(C)C)NC(=O)CCCCCC/C=C\C/C=C\C/C=C\CCCCC. The van der Waals surface area contributed by atoms with Crippen LogP contribution in [-0.4, -0.2) is 69.4 Å². The molecule has 0 radical (unpaired) electrons. The highest BCUT2D eigenvalue weighted by Gasteiger charge is 2.27. The van der Waals surface area contributed by atoms with Crippen LogP contribution in [0.4, 0.5) is 0 Å². The van der Waals surface area contributed by atoms with E-state index < -0.39 is 26.6 Å². The largest absolute Gasteiger partial charge is 0.756 e. The predicted molar refractivity (Wildman–Crippen MR) is 330 cm³/mol. The average Bonchev–Trinajstić information content (AvgIpc) is 3.39.